The van der Waals surface area contributed by atoms with Crippen LogP contribution in [0.1, 0.15) is 81.7 Å². The number of aromatic nitrogens is 5. The lowest BCUT2D eigenvalue weighted by atomic mass is 10.0. The highest BCUT2D eigenvalue weighted by molar-refractivity contribution is 9.11. The molecule has 448 valence electrons. The third kappa shape index (κ3) is 24.1. The first kappa shape index (κ1) is 69.9. The number of nitrogens with one attached hydrogen (secondary N) is 1. The molecular formula is C64H53Br3Cl3N11O4S3. The van der Waals surface area contributed by atoms with Gasteiger partial charge in [-0.25, -0.2) is 4.85 Å². The summed E-state index contributed by atoms with van der Waals surface area (Å²) in [6, 6.07) is 35.6. The molecule has 2 aromatic carbocycles. The van der Waals surface area contributed by atoms with E-state index in [0.29, 0.717) is 79.4 Å². The number of aryl methyl sites for hydroxylation is 3. The third-order valence-corrected chi connectivity index (χ3v) is 17.2. The molecule has 2 N–H and O–H groups in total. The molecular weight excluding hydrogens is 1430 g/mol. The second-order valence-electron chi connectivity index (χ2n) is 18.8. The number of Topliss-reactive ketones (excluding diaryl/α,β-unsaturated/α-hetero) is 3. The predicted octanol–water partition coefficient (Wildman–Crippen LogP) is 19.4. The lowest BCUT2D eigenvalue weighted by Gasteiger charge is -2.14. The topological polar surface area (TPSA) is 216 Å². The lowest BCUT2D eigenvalue weighted by molar-refractivity contribution is 0.0978. The molecule has 0 aliphatic rings. The Labute approximate surface area is 561 Å². The van der Waals surface area contributed by atoms with E-state index in [-0.39, 0.29) is 24.0 Å². The molecule has 24 heteroatoms. The Morgan fingerprint density at radius 1 is 0.534 bits per heavy atom. The molecule has 0 aliphatic carbocycles. The maximum absolute atomic E-state index is 12.2. The number of ketones is 3. The summed E-state index contributed by atoms with van der Waals surface area (Å²) >= 11 is 31.4. The average Bonchev–Trinajstić information content (AvgIpc) is 4.47. The predicted molar refractivity (Wildman–Crippen MR) is 367 cm³/mol. The van der Waals surface area contributed by atoms with Crippen LogP contribution in [-0.2, 0) is 32.4 Å². The van der Waals surface area contributed by atoms with Crippen molar-refractivity contribution in [3.05, 3.63) is 274 Å². The third-order valence-electron chi connectivity index (χ3n) is 12.1. The Balaban J connectivity index is 0.000000185. The standard InChI is InChI=1S/C21H20ClN3OS.C19H13ClN2OS.C12H9BrClNOS.C6H5BrN4.C6H6BrNO/c1-25(2)21(23)16-6-4-15(5-7-16)17-11-14(12-24-13-17)3-8-18(26)19-9-10-20(22)27-19;1-21-16-5-3-14(4-6-16)15-10-13(11-22-12-15)2-7-17(23)18-8-9-19(20)24-18;13-9-5-8(6-15-7-9)1-2-10(16)11-3-4-12(14)17-11;7-6-1-5(2-9-4-6)3-10-11-8;7-6-1-5(4-9)2-8-3-6/h4-7,9-13,23H,3,8H2,1-2H3;3-6,8-12H,2,7H2;3-7H,1-2H2;1-2,4H,3H2;1-3,9H,4H2. The fourth-order valence-electron chi connectivity index (χ4n) is 7.70. The number of amidine groups is 1. The normalized spacial score (nSPS) is 10.2. The number of thiophene rings is 3. The van der Waals surface area contributed by atoms with E-state index in [2.05, 4.69) is 93.6 Å². The number of hydrogen-bond acceptors (Lipinski definition) is 14. The van der Waals surface area contributed by atoms with E-state index in [0.717, 1.165) is 73.9 Å². The zero-order valence-electron chi connectivity index (χ0n) is 47.0. The molecule has 0 saturated carbocycles. The van der Waals surface area contributed by atoms with Gasteiger partial charge in [0.05, 0.1) is 47.4 Å². The van der Waals surface area contributed by atoms with E-state index >= 15 is 0 Å². The first-order valence-electron chi connectivity index (χ1n) is 26.4. The molecule has 88 heavy (non-hydrogen) atoms. The zero-order valence-corrected chi connectivity index (χ0v) is 56.5. The van der Waals surface area contributed by atoms with Crippen LogP contribution in [0.15, 0.2) is 196 Å². The molecule has 0 atom stereocenters. The number of carbonyl (C=O) groups excluding carboxylic acids is 3. The fourth-order valence-corrected chi connectivity index (χ4v) is 12.0. The van der Waals surface area contributed by atoms with E-state index in [1.807, 2.05) is 81.0 Å². The maximum atomic E-state index is 12.2. The van der Waals surface area contributed by atoms with E-state index in [1.54, 1.807) is 109 Å². The first-order chi connectivity index (χ1) is 42.4. The summed E-state index contributed by atoms with van der Waals surface area (Å²) < 4.78 is 4.63. The molecule has 0 unspecified atom stereocenters. The Bertz CT molecular complexity index is 4040. The minimum Gasteiger partial charge on any atom is -0.392 e. The molecule has 0 aliphatic heterocycles. The molecule has 8 heterocycles. The second kappa shape index (κ2) is 37.0. The molecule has 15 nitrogen and oxygen atoms in total. The van der Waals surface area contributed by atoms with E-state index in [4.69, 9.17) is 57.4 Å². The molecule has 0 saturated heterocycles. The highest BCUT2D eigenvalue weighted by atomic mass is 79.9. The van der Waals surface area contributed by atoms with Crippen molar-refractivity contribution >= 4 is 145 Å². The fraction of sp³-hybridized carbons (Fsp3) is 0.156. The highest BCUT2D eigenvalue weighted by Crippen LogP contribution is 2.28. The van der Waals surface area contributed by atoms with Gasteiger partial charge < -0.3 is 10.0 Å². The monoisotopic (exact) mass is 1480 g/mol. The number of hydrogen-bond donors (Lipinski definition) is 2. The van der Waals surface area contributed by atoms with Crippen LogP contribution in [0.2, 0.25) is 13.0 Å². The van der Waals surface area contributed by atoms with Gasteiger partial charge in [0.25, 0.3) is 0 Å². The van der Waals surface area contributed by atoms with E-state index < -0.39 is 0 Å². The Kier molecular flexibility index (Phi) is 29.4. The van der Waals surface area contributed by atoms with Crippen molar-refractivity contribution in [2.24, 2.45) is 5.11 Å². The number of pyridine rings is 5. The van der Waals surface area contributed by atoms with Gasteiger partial charge in [-0.1, -0.05) is 88.4 Å². The summed E-state index contributed by atoms with van der Waals surface area (Å²) in [5, 5.41) is 20.0. The Hall–Kier alpha value is -7.16. The van der Waals surface area contributed by atoms with Crippen LogP contribution in [0.5, 0.6) is 0 Å². The molecule has 0 radical (unpaired) electrons. The van der Waals surface area contributed by atoms with Crippen molar-refractivity contribution in [1.29, 1.82) is 5.41 Å². The lowest BCUT2D eigenvalue weighted by Crippen LogP contribution is -2.21. The van der Waals surface area contributed by atoms with Crippen molar-refractivity contribution in [3.63, 3.8) is 0 Å². The van der Waals surface area contributed by atoms with Gasteiger partial charge in [0.2, 0.25) is 0 Å². The van der Waals surface area contributed by atoms with Crippen LogP contribution < -0.4 is 0 Å². The van der Waals surface area contributed by atoms with Gasteiger partial charge >= 0.3 is 0 Å². The summed E-state index contributed by atoms with van der Waals surface area (Å²) in [7, 11) is 3.71. The quantitative estimate of drug-likeness (QED) is 0.0158. The number of nitrogens with zero attached hydrogens (tertiary/aromatic N) is 10. The van der Waals surface area contributed by atoms with Gasteiger partial charge in [-0.3, -0.25) is 44.7 Å². The summed E-state index contributed by atoms with van der Waals surface area (Å²) in [4.78, 5) is 66.6. The number of aliphatic hydroxyl groups excluding tert-OH is 1. The number of benzene rings is 2. The molecule has 0 amide bonds. The van der Waals surface area contributed by atoms with Crippen molar-refractivity contribution < 1.29 is 19.5 Å². The van der Waals surface area contributed by atoms with Gasteiger partial charge in [0.15, 0.2) is 23.0 Å². The van der Waals surface area contributed by atoms with E-state index in [9.17, 15) is 14.4 Å². The molecule has 8 aromatic heterocycles. The van der Waals surface area contributed by atoms with E-state index in [1.165, 1.54) is 34.0 Å². The Morgan fingerprint density at radius 3 is 1.25 bits per heavy atom. The number of rotatable bonds is 18. The minimum absolute atomic E-state index is 0.0481. The SMILES string of the molecule is CN(C)C(=N)c1ccc(-c2cncc(CCC(=O)c3ccc(Cl)s3)c2)cc1.O=C(CCc1cncc(Br)c1)c1ccc(Cl)s1.OCc1cncc(Br)c1.[C-]#[N+]c1ccc(-c2cncc(CCC(=O)c3ccc(Cl)s3)c2)cc1.[N-]=[N+]=NCc1cncc(Br)c1. The number of azide groups is 1. The molecule has 0 spiro atoms. The van der Waals surface area contributed by atoms with Gasteiger partial charge in [0, 0.05) is 130 Å². The molecule has 0 fully saturated rings. The second-order valence-corrected chi connectivity index (χ2v) is 26.7. The smallest absolute Gasteiger partial charge is 0.187 e. The van der Waals surface area contributed by atoms with Gasteiger partial charge in [0.1, 0.15) is 5.84 Å². The van der Waals surface area contributed by atoms with Crippen LogP contribution in [-0.4, -0.2) is 72.2 Å². The van der Waals surface area contributed by atoms with Crippen LogP contribution in [0.25, 0.3) is 37.5 Å². The zero-order chi connectivity index (χ0) is 63.4. The largest absolute Gasteiger partial charge is 0.392 e. The number of halogens is 6. The van der Waals surface area contributed by atoms with Crippen molar-refractivity contribution in [3.8, 4) is 22.3 Å². The molecule has 10 aromatic rings. The van der Waals surface area contributed by atoms with Crippen LogP contribution in [0.4, 0.5) is 5.69 Å². The molecule has 0 bridgehead atoms. The van der Waals surface area contributed by atoms with Crippen LogP contribution >= 0.6 is 117 Å². The van der Waals surface area contributed by atoms with Crippen molar-refractivity contribution in [2.75, 3.05) is 14.1 Å². The summed E-state index contributed by atoms with van der Waals surface area (Å²) in [5.74, 6) is 0.796. The maximum Gasteiger partial charge on any atom is 0.187 e. The number of aliphatic hydroxyl groups is 1. The van der Waals surface area contributed by atoms with Crippen molar-refractivity contribution in [2.45, 2.75) is 51.7 Å². The minimum atomic E-state index is 0.0481. The number of carbonyl (C=O) groups is 3. The summed E-state index contributed by atoms with van der Waals surface area (Å²) in [6.07, 6.45) is 20.7. The van der Waals surface area contributed by atoms with Gasteiger partial charge in [-0.15, -0.1) is 34.0 Å². The average molecular weight is 1480 g/mol. The summed E-state index contributed by atoms with van der Waals surface area (Å²) in [5.41, 5.74) is 18.3. The molecule has 10 rings (SSSR count). The van der Waals surface area contributed by atoms with Crippen molar-refractivity contribution in [1.82, 2.24) is 29.8 Å². The Morgan fingerprint density at radius 2 is 0.898 bits per heavy atom. The highest BCUT2D eigenvalue weighted by Gasteiger charge is 2.13. The van der Waals surface area contributed by atoms with Crippen LogP contribution in [0.3, 0.4) is 0 Å². The first-order valence-corrected chi connectivity index (χ1v) is 32.3. The van der Waals surface area contributed by atoms with Gasteiger partial charge in [-0.05, 0) is 178 Å². The summed E-state index contributed by atoms with van der Waals surface area (Å²) in [6.45, 7) is 7.39. The van der Waals surface area contributed by atoms with Gasteiger partial charge in [-0.2, -0.15) is 0 Å². The van der Waals surface area contributed by atoms with Crippen LogP contribution in [0, 0.1) is 12.0 Å².